The van der Waals surface area contributed by atoms with Crippen LogP contribution in [-0.2, 0) is 11.3 Å². The normalized spacial score (nSPS) is 16.8. The average Bonchev–Trinajstić information content (AvgIpc) is 3.36. The van der Waals surface area contributed by atoms with Gasteiger partial charge in [-0.2, -0.15) is 0 Å². The molecule has 1 unspecified atom stereocenters. The molecule has 0 bridgehead atoms. The number of imidazole rings is 1. The Morgan fingerprint density at radius 2 is 2.14 bits per heavy atom. The number of guanidine groups is 1. The lowest BCUT2D eigenvalue weighted by Crippen LogP contribution is -2.45. The maximum Gasteiger partial charge on any atom is 0.225 e. The largest absolute Gasteiger partial charge is 0.352 e. The fourth-order valence-corrected chi connectivity index (χ4v) is 3.32. The van der Waals surface area contributed by atoms with Crippen molar-refractivity contribution >= 4 is 35.8 Å². The van der Waals surface area contributed by atoms with Gasteiger partial charge in [-0.3, -0.25) is 9.79 Å². The first-order valence-corrected chi connectivity index (χ1v) is 9.40. The number of nitrogens with zero attached hydrogens (tertiary/aromatic N) is 4. The molecule has 2 heterocycles. The molecule has 1 amide bonds. The lowest BCUT2D eigenvalue weighted by atomic mass is 10.1. The van der Waals surface area contributed by atoms with Crippen LogP contribution in [0.3, 0.4) is 0 Å². The Kier molecular flexibility index (Phi) is 8.28. The van der Waals surface area contributed by atoms with Crippen molar-refractivity contribution in [1.29, 1.82) is 0 Å². The molecule has 0 aliphatic carbocycles. The minimum Gasteiger partial charge on any atom is -0.352 e. The van der Waals surface area contributed by atoms with Crippen LogP contribution < -0.4 is 10.6 Å². The second-order valence-corrected chi connectivity index (χ2v) is 7.09. The van der Waals surface area contributed by atoms with Crippen LogP contribution in [0, 0.1) is 5.92 Å². The Labute approximate surface area is 183 Å². The topological polar surface area (TPSA) is 74.6 Å². The van der Waals surface area contributed by atoms with E-state index in [0.717, 1.165) is 36.7 Å². The molecule has 1 aromatic carbocycles. The van der Waals surface area contributed by atoms with Crippen LogP contribution in [0.15, 0.2) is 48.0 Å². The van der Waals surface area contributed by atoms with Gasteiger partial charge in [0.15, 0.2) is 5.96 Å². The molecule has 2 aromatic rings. The van der Waals surface area contributed by atoms with Gasteiger partial charge >= 0.3 is 0 Å². The lowest BCUT2D eigenvalue weighted by Gasteiger charge is -2.20. The van der Waals surface area contributed by atoms with Crippen molar-refractivity contribution in [2.75, 3.05) is 20.1 Å². The van der Waals surface area contributed by atoms with E-state index in [0.29, 0.717) is 6.54 Å². The number of hydrogen-bond donors (Lipinski definition) is 2. The molecule has 8 heteroatoms. The van der Waals surface area contributed by atoms with E-state index >= 15 is 0 Å². The summed E-state index contributed by atoms with van der Waals surface area (Å²) in [5, 5.41) is 6.82. The zero-order valence-electron chi connectivity index (χ0n) is 16.6. The SMILES string of the molecule is CN=C(NCc1ccccc1-n1ccnc1)NC1CCN(C(=O)C(C)C)C1.I. The highest BCUT2D eigenvalue weighted by Crippen LogP contribution is 2.15. The van der Waals surface area contributed by atoms with E-state index in [1.54, 1.807) is 19.6 Å². The molecule has 1 saturated heterocycles. The standard InChI is InChI=1S/C20H28N6O.HI/c1-15(2)19(27)25-10-8-17(13-25)24-20(21-3)23-12-16-6-4-5-7-18(16)26-11-9-22-14-26;/h4-7,9,11,14-15,17H,8,10,12-13H2,1-3H3,(H2,21,23,24);1H. The first-order chi connectivity index (χ1) is 13.1. The van der Waals surface area contributed by atoms with Crippen LogP contribution in [0.4, 0.5) is 0 Å². The van der Waals surface area contributed by atoms with Crippen molar-refractivity contribution < 1.29 is 4.79 Å². The van der Waals surface area contributed by atoms with Crippen molar-refractivity contribution in [2.24, 2.45) is 10.9 Å². The number of likely N-dealkylation sites (tertiary alicyclic amines) is 1. The average molecular weight is 496 g/mol. The fraction of sp³-hybridized carbons (Fsp3) is 0.450. The van der Waals surface area contributed by atoms with Crippen molar-refractivity contribution in [3.8, 4) is 5.69 Å². The highest BCUT2D eigenvalue weighted by molar-refractivity contribution is 14.0. The van der Waals surface area contributed by atoms with Crippen LogP contribution in [0.25, 0.3) is 5.69 Å². The number of amides is 1. The van der Waals surface area contributed by atoms with Gasteiger partial charge < -0.3 is 20.1 Å². The Morgan fingerprint density at radius 1 is 1.36 bits per heavy atom. The predicted molar refractivity (Wildman–Crippen MR) is 122 cm³/mol. The highest BCUT2D eigenvalue weighted by Gasteiger charge is 2.27. The molecule has 0 spiro atoms. The lowest BCUT2D eigenvalue weighted by molar-refractivity contribution is -0.133. The molecule has 1 atom stereocenters. The minimum atomic E-state index is 0. The Balaban J connectivity index is 0.00000280. The van der Waals surface area contributed by atoms with Crippen LogP contribution in [0.1, 0.15) is 25.8 Å². The number of para-hydroxylation sites is 1. The smallest absolute Gasteiger partial charge is 0.225 e. The molecule has 0 saturated carbocycles. The third-order valence-electron chi connectivity index (χ3n) is 4.78. The van der Waals surface area contributed by atoms with Crippen molar-refractivity contribution in [3.05, 3.63) is 48.5 Å². The number of aliphatic imine (C=N–C) groups is 1. The number of carbonyl (C=O) groups is 1. The van der Waals surface area contributed by atoms with Gasteiger partial charge in [0.05, 0.1) is 12.0 Å². The van der Waals surface area contributed by atoms with E-state index in [2.05, 4.69) is 32.7 Å². The van der Waals surface area contributed by atoms with E-state index in [-0.39, 0.29) is 41.8 Å². The second-order valence-electron chi connectivity index (χ2n) is 7.09. The van der Waals surface area contributed by atoms with Crippen LogP contribution >= 0.6 is 24.0 Å². The van der Waals surface area contributed by atoms with Gasteiger partial charge in [0.2, 0.25) is 5.91 Å². The number of halogens is 1. The number of benzene rings is 1. The maximum absolute atomic E-state index is 12.2. The highest BCUT2D eigenvalue weighted by atomic mass is 127. The molecule has 1 aliphatic heterocycles. The molecule has 1 aromatic heterocycles. The molecular weight excluding hydrogens is 467 g/mol. The number of carbonyl (C=O) groups excluding carboxylic acids is 1. The van der Waals surface area contributed by atoms with Crippen LogP contribution in [0.5, 0.6) is 0 Å². The van der Waals surface area contributed by atoms with E-state index in [1.807, 2.05) is 41.6 Å². The molecule has 3 rings (SSSR count). The van der Waals surface area contributed by atoms with Crippen LogP contribution in [-0.4, -0.2) is 52.5 Å². The monoisotopic (exact) mass is 496 g/mol. The minimum absolute atomic E-state index is 0. The first kappa shape index (κ1) is 22.2. The first-order valence-electron chi connectivity index (χ1n) is 9.40. The summed E-state index contributed by atoms with van der Waals surface area (Å²) in [6, 6.07) is 8.43. The summed E-state index contributed by atoms with van der Waals surface area (Å²) in [7, 11) is 1.77. The Bertz CT molecular complexity index is 790. The summed E-state index contributed by atoms with van der Waals surface area (Å²) < 4.78 is 2.00. The third kappa shape index (κ3) is 5.46. The summed E-state index contributed by atoms with van der Waals surface area (Å²) >= 11 is 0. The predicted octanol–water partition coefficient (Wildman–Crippen LogP) is 2.41. The fourth-order valence-electron chi connectivity index (χ4n) is 3.32. The van der Waals surface area contributed by atoms with E-state index in [1.165, 1.54) is 0 Å². The Hall–Kier alpha value is -2.10. The van der Waals surface area contributed by atoms with E-state index < -0.39 is 0 Å². The number of nitrogens with one attached hydrogen (secondary N) is 2. The van der Waals surface area contributed by atoms with Crippen molar-refractivity contribution in [2.45, 2.75) is 32.9 Å². The summed E-state index contributed by atoms with van der Waals surface area (Å²) in [4.78, 5) is 22.5. The van der Waals surface area contributed by atoms with Gasteiger partial charge in [-0.1, -0.05) is 32.0 Å². The van der Waals surface area contributed by atoms with Gasteiger partial charge in [0, 0.05) is 51.0 Å². The molecule has 0 radical (unpaired) electrons. The summed E-state index contributed by atoms with van der Waals surface area (Å²) in [5.74, 6) is 1.01. The summed E-state index contributed by atoms with van der Waals surface area (Å²) in [6.07, 6.45) is 6.44. The van der Waals surface area contributed by atoms with E-state index in [4.69, 9.17) is 0 Å². The summed E-state index contributed by atoms with van der Waals surface area (Å²) in [5.41, 5.74) is 2.24. The number of hydrogen-bond acceptors (Lipinski definition) is 3. The number of aromatic nitrogens is 2. The second kappa shape index (κ2) is 10.4. The van der Waals surface area contributed by atoms with Crippen molar-refractivity contribution in [3.63, 3.8) is 0 Å². The number of rotatable bonds is 5. The summed E-state index contributed by atoms with van der Waals surface area (Å²) in [6.45, 7) is 6.07. The van der Waals surface area contributed by atoms with Crippen molar-refractivity contribution in [1.82, 2.24) is 25.1 Å². The zero-order chi connectivity index (χ0) is 19.2. The van der Waals surface area contributed by atoms with Gasteiger partial charge in [-0.05, 0) is 18.1 Å². The molecule has 2 N–H and O–H groups in total. The van der Waals surface area contributed by atoms with Gasteiger partial charge in [0.25, 0.3) is 0 Å². The molecule has 152 valence electrons. The van der Waals surface area contributed by atoms with Gasteiger partial charge in [-0.15, -0.1) is 24.0 Å². The molecular formula is C20H29IN6O. The molecule has 7 nitrogen and oxygen atoms in total. The van der Waals surface area contributed by atoms with Crippen LogP contribution in [0.2, 0.25) is 0 Å². The van der Waals surface area contributed by atoms with E-state index in [9.17, 15) is 4.79 Å². The Morgan fingerprint density at radius 3 is 2.82 bits per heavy atom. The van der Waals surface area contributed by atoms with Gasteiger partial charge in [-0.25, -0.2) is 4.98 Å². The molecule has 28 heavy (non-hydrogen) atoms. The molecule has 1 fully saturated rings. The van der Waals surface area contributed by atoms with Gasteiger partial charge in [0.1, 0.15) is 0 Å². The molecule has 1 aliphatic rings. The zero-order valence-corrected chi connectivity index (χ0v) is 19.0. The maximum atomic E-state index is 12.2. The quantitative estimate of drug-likeness (QED) is 0.379. The third-order valence-corrected chi connectivity index (χ3v) is 4.78.